The maximum absolute atomic E-state index is 11.4. The van der Waals surface area contributed by atoms with Crippen LogP contribution in [-0.2, 0) is 0 Å². The molecular formula is C14H11N3O. The summed E-state index contributed by atoms with van der Waals surface area (Å²) < 4.78 is 0. The van der Waals surface area contributed by atoms with Crippen LogP contribution in [0.4, 0.5) is 0 Å². The number of benzene rings is 1. The van der Waals surface area contributed by atoms with Gasteiger partial charge in [-0.05, 0) is 24.4 Å². The lowest BCUT2D eigenvalue weighted by Crippen LogP contribution is -2.12. The Balaban J connectivity index is 2.34. The van der Waals surface area contributed by atoms with Crippen LogP contribution < -0.4 is 5.69 Å². The van der Waals surface area contributed by atoms with E-state index in [2.05, 4.69) is 15.0 Å². The van der Waals surface area contributed by atoms with Crippen molar-refractivity contribution in [3.8, 4) is 11.3 Å². The van der Waals surface area contributed by atoms with Gasteiger partial charge >= 0.3 is 5.69 Å². The predicted molar refractivity (Wildman–Crippen MR) is 70.3 cm³/mol. The van der Waals surface area contributed by atoms with E-state index in [1.807, 2.05) is 37.3 Å². The van der Waals surface area contributed by atoms with Crippen LogP contribution in [0.1, 0.15) is 5.69 Å². The van der Waals surface area contributed by atoms with Crippen molar-refractivity contribution in [2.45, 2.75) is 6.92 Å². The molecule has 0 spiro atoms. The van der Waals surface area contributed by atoms with E-state index in [-0.39, 0.29) is 5.69 Å². The molecule has 2 heterocycles. The Morgan fingerprint density at radius 2 is 2.11 bits per heavy atom. The van der Waals surface area contributed by atoms with Gasteiger partial charge < -0.3 is 4.98 Å². The molecule has 0 aliphatic rings. The van der Waals surface area contributed by atoms with Crippen LogP contribution in [0, 0.1) is 6.92 Å². The number of pyridine rings is 1. The number of hydrogen-bond donors (Lipinski definition) is 1. The summed E-state index contributed by atoms with van der Waals surface area (Å²) in [6, 6.07) is 9.70. The highest BCUT2D eigenvalue weighted by molar-refractivity contribution is 5.95. The topological polar surface area (TPSA) is 58.6 Å². The quantitative estimate of drug-likeness (QED) is 0.706. The Morgan fingerprint density at radius 3 is 2.94 bits per heavy atom. The van der Waals surface area contributed by atoms with Crippen molar-refractivity contribution < 1.29 is 0 Å². The molecule has 1 N–H and O–H groups in total. The number of hydrogen-bond acceptors (Lipinski definition) is 3. The molecule has 0 bridgehead atoms. The van der Waals surface area contributed by atoms with Crippen molar-refractivity contribution in [3.05, 3.63) is 58.9 Å². The van der Waals surface area contributed by atoms with Crippen molar-refractivity contribution in [1.29, 1.82) is 0 Å². The third-order valence-electron chi connectivity index (χ3n) is 2.84. The number of aromatic nitrogens is 3. The van der Waals surface area contributed by atoms with Gasteiger partial charge in [-0.3, -0.25) is 4.98 Å². The highest BCUT2D eigenvalue weighted by atomic mass is 16.1. The van der Waals surface area contributed by atoms with Crippen molar-refractivity contribution in [2.24, 2.45) is 0 Å². The fourth-order valence-electron chi connectivity index (χ4n) is 2.06. The number of nitrogens with zero attached hydrogens (tertiary/aromatic N) is 2. The first kappa shape index (κ1) is 10.7. The number of H-pyrrole nitrogens is 1. The van der Waals surface area contributed by atoms with Gasteiger partial charge in [0.05, 0.1) is 5.69 Å². The molecule has 4 heteroatoms. The monoisotopic (exact) mass is 237 g/mol. The molecule has 0 saturated heterocycles. The molecule has 0 amide bonds. The van der Waals surface area contributed by atoms with Crippen LogP contribution in [0.3, 0.4) is 0 Å². The van der Waals surface area contributed by atoms with Gasteiger partial charge in [-0.2, -0.15) is 4.98 Å². The average molecular weight is 237 g/mol. The Labute approximate surface area is 103 Å². The molecule has 3 rings (SSSR count). The highest BCUT2D eigenvalue weighted by Gasteiger charge is 2.06. The largest absolute Gasteiger partial charge is 0.345 e. The number of fused-ring (bicyclic) bond motifs is 1. The molecule has 0 saturated carbocycles. The van der Waals surface area contributed by atoms with E-state index >= 15 is 0 Å². The molecule has 0 radical (unpaired) electrons. The zero-order valence-corrected chi connectivity index (χ0v) is 9.84. The molecule has 18 heavy (non-hydrogen) atoms. The zero-order chi connectivity index (χ0) is 12.5. The Bertz CT molecular complexity index is 772. The highest BCUT2D eigenvalue weighted by Crippen LogP contribution is 2.25. The summed E-state index contributed by atoms with van der Waals surface area (Å²) in [5.41, 5.74) is 2.12. The molecule has 88 valence electrons. The summed E-state index contributed by atoms with van der Waals surface area (Å²) in [5, 5.41) is 2.08. The molecule has 0 aliphatic carbocycles. The molecule has 0 unspecified atom stereocenters. The van der Waals surface area contributed by atoms with E-state index < -0.39 is 0 Å². The van der Waals surface area contributed by atoms with Crippen molar-refractivity contribution in [1.82, 2.24) is 15.0 Å². The van der Waals surface area contributed by atoms with E-state index in [9.17, 15) is 4.79 Å². The van der Waals surface area contributed by atoms with Crippen LogP contribution in [0.2, 0.25) is 0 Å². The first-order valence-electron chi connectivity index (χ1n) is 5.65. The Kier molecular flexibility index (Phi) is 2.41. The minimum absolute atomic E-state index is 0.323. The van der Waals surface area contributed by atoms with Crippen molar-refractivity contribution >= 4 is 10.8 Å². The van der Waals surface area contributed by atoms with E-state index in [1.54, 1.807) is 12.4 Å². The molecule has 0 aliphatic heterocycles. The lowest BCUT2D eigenvalue weighted by atomic mass is 10.0. The van der Waals surface area contributed by atoms with Crippen LogP contribution in [0.15, 0.2) is 47.5 Å². The van der Waals surface area contributed by atoms with Crippen LogP contribution in [0.5, 0.6) is 0 Å². The normalized spacial score (nSPS) is 10.7. The van der Waals surface area contributed by atoms with E-state index in [0.717, 1.165) is 22.0 Å². The third-order valence-corrected chi connectivity index (χ3v) is 2.84. The van der Waals surface area contributed by atoms with Crippen molar-refractivity contribution in [3.63, 3.8) is 0 Å². The van der Waals surface area contributed by atoms with Crippen molar-refractivity contribution in [2.75, 3.05) is 0 Å². The van der Waals surface area contributed by atoms with Gasteiger partial charge in [0.1, 0.15) is 0 Å². The third kappa shape index (κ3) is 1.78. The summed E-state index contributed by atoms with van der Waals surface area (Å²) in [5.74, 6) is 0. The summed E-state index contributed by atoms with van der Waals surface area (Å²) in [6.07, 6.45) is 3.55. The fraction of sp³-hybridized carbons (Fsp3) is 0.0714. The van der Waals surface area contributed by atoms with Gasteiger partial charge in [-0.25, -0.2) is 4.79 Å². The maximum Gasteiger partial charge on any atom is 0.345 e. The van der Waals surface area contributed by atoms with Gasteiger partial charge in [0.25, 0.3) is 0 Å². The summed E-state index contributed by atoms with van der Waals surface area (Å²) in [6.45, 7) is 1.85. The Morgan fingerprint density at radius 1 is 1.22 bits per heavy atom. The molecule has 2 aromatic heterocycles. The number of nitrogens with one attached hydrogen (secondary N) is 1. The molecule has 4 nitrogen and oxygen atoms in total. The fourth-order valence-corrected chi connectivity index (χ4v) is 2.06. The van der Waals surface area contributed by atoms with Gasteiger partial charge in [-0.1, -0.05) is 18.2 Å². The molecule has 3 aromatic rings. The first-order chi connectivity index (χ1) is 8.74. The minimum atomic E-state index is -0.323. The number of rotatable bonds is 1. The first-order valence-corrected chi connectivity index (χ1v) is 5.65. The predicted octanol–water partition coefficient (Wildman–Crippen LogP) is 2.29. The molecule has 1 aromatic carbocycles. The lowest BCUT2D eigenvalue weighted by molar-refractivity contribution is 1.03. The van der Waals surface area contributed by atoms with Crippen LogP contribution in [0.25, 0.3) is 22.0 Å². The van der Waals surface area contributed by atoms with E-state index in [0.29, 0.717) is 5.69 Å². The number of aryl methyl sites for hydroxylation is 1. The van der Waals surface area contributed by atoms with E-state index in [4.69, 9.17) is 0 Å². The van der Waals surface area contributed by atoms with Crippen LogP contribution in [-0.4, -0.2) is 15.0 Å². The summed E-state index contributed by atoms with van der Waals surface area (Å²) in [7, 11) is 0. The molecule has 0 atom stereocenters. The zero-order valence-electron chi connectivity index (χ0n) is 9.84. The summed E-state index contributed by atoms with van der Waals surface area (Å²) in [4.78, 5) is 22.2. The minimum Gasteiger partial charge on any atom is -0.310 e. The van der Waals surface area contributed by atoms with Gasteiger partial charge in [0, 0.05) is 29.0 Å². The van der Waals surface area contributed by atoms with E-state index in [1.165, 1.54) is 0 Å². The smallest absolute Gasteiger partial charge is 0.310 e. The summed E-state index contributed by atoms with van der Waals surface area (Å²) >= 11 is 0. The van der Waals surface area contributed by atoms with Gasteiger partial charge in [-0.15, -0.1) is 0 Å². The molecular weight excluding hydrogens is 226 g/mol. The standard InChI is InChI=1S/C14H11N3O/c1-9-7-13(17-14(18)16-9)12-4-2-3-10-8-15-6-5-11(10)12/h2-8H,1H3,(H,16,17,18). The second-order valence-electron chi connectivity index (χ2n) is 4.16. The maximum atomic E-state index is 11.4. The average Bonchev–Trinajstić information content (AvgIpc) is 2.37. The van der Waals surface area contributed by atoms with Gasteiger partial charge in [0.15, 0.2) is 0 Å². The second kappa shape index (κ2) is 4.07. The Hall–Kier alpha value is -2.49. The SMILES string of the molecule is Cc1cc(-c2cccc3cnccc23)nc(=O)[nH]1. The van der Waals surface area contributed by atoms with Crippen LogP contribution >= 0.6 is 0 Å². The molecule has 0 fully saturated rings. The lowest BCUT2D eigenvalue weighted by Gasteiger charge is -2.05. The van der Waals surface area contributed by atoms with Gasteiger partial charge in [0.2, 0.25) is 0 Å². The second-order valence-corrected chi connectivity index (χ2v) is 4.16. The number of aromatic amines is 1.